The lowest BCUT2D eigenvalue weighted by atomic mass is 10.1. The predicted molar refractivity (Wildman–Crippen MR) is 82.8 cm³/mol. The second kappa shape index (κ2) is 5.54. The molecule has 8 nitrogen and oxygen atoms in total. The molecular weight excluding hydrogens is 292 g/mol. The van der Waals surface area contributed by atoms with Gasteiger partial charge in [0.15, 0.2) is 5.82 Å². The summed E-state index contributed by atoms with van der Waals surface area (Å²) in [6.07, 6.45) is 1.61. The zero-order valence-electron chi connectivity index (χ0n) is 13.2. The Hall–Kier alpha value is -2.61. The van der Waals surface area contributed by atoms with Gasteiger partial charge < -0.3 is 0 Å². The summed E-state index contributed by atoms with van der Waals surface area (Å²) >= 11 is 0. The summed E-state index contributed by atoms with van der Waals surface area (Å²) in [5.41, 5.74) is 3.39. The summed E-state index contributed by atoms with van der Waals surface area (Å²) in [5, 5.41) is 16.5. The molecule has 1 aromatic carbocycles. The Kier molecular flexibility index (Phi) is 3.38. The summed E-state index contributed by atoms with van der Waals surface area (Å²) in [7, 11) is 0. The molecule has 0 radical (unpaired) electrons. The van der Waals surface area contributed by atoms with E-state index in [9.17, 15) is 0 Å². The topological polar surface area (TPSA) is 77.5 Å². The van der Waals surface area contributed by atoms with E-state index in [1.807, 2.05) is 9.36 Å². The van der Waals surface area contributed by atoms with Crippen molar-refractivity contribution in [1.29, 1.82) is 0 Å². The number of para-hydroxylation sites is 1. The first kappa shape index (κ1) is 14.0. The first-order chi connectivity index (χ1) is 11.2. The van der Waals surface area contributed by atoms with Crippen molar-refractivity contribution in [3.05, 3.63) is 47.3 Å². The number of rotatable bonds is 3. The van der Waals surface area contributed by atoms with E-state index < -0.39 is 0 Å². The lowest BCUT2D eigenvalue weighted by Gasteiger charge is -2.26. The van der Waals surface area contributed by atoms with E-state index in [-0.39, 0.29) is 0 Å². The van der Waals surface area contributed by atoms with E-state index in [0.717, 1.165) is 48.1 Å². The van der Waals surface area contributed by atoms with Crippen LogP contribution < -0.4 is 0 Å². The minimum Gasteiger partial charge on any atom is -0.287 e. The molecule has 0 saturated carbocycles. The number of benzene rings is 1. The average molecular weight is 310 g/mol. The Balaban J connectivity index is 1.61. The predicted octanol–water partition coefficient (Wildman–Crippen LogP) is 0.886. The van der Waals surface area contributed by atoms with Crippen LogP contribution in [0.15, 0.2) is 24.5 Å². The van der Waals surface area contributed by atoms with Gasteiger partial charge in [0.2, 0.25) is 0 Å². The monoisotopic (exact) mass is 310 g/mol. The molecule has 0 amide bonds. The van der Waals surface area contributed by atoms with Gasteiger partial charge in [0.05, 0.1) is 25.3 Å². The van der Waals surface area contributed by atoms with Gasteiger partial charge >= 0.3 is 0 Å². The lowest BCUT2D eigenvalue weighted by Crippen LogP contribution is -2.34. The van der Waals surface area contributed by atoms with Crippen molar-refractivity contribution >= 4 is 0 Å². The van der Waals surface area contributed by atoms with Crippen molar-refractivity contribution in [3.8, 4) is 5.69 Å². The van der Waals surface area contributed by atoms with Crippen molar-refractivity contribution in [1.82, 2.24) is 39.9 Å². The minimum atomic E-state index is 0.688. The zero-order chi connectivity index (χ0) is 15.8. The third-order valence-electron chi connectivity index (χ3n) is 4.24. The van der Waals surface area contributed by atoms with Crippen molar-refractivity contribution in [3.63, 3.8) is 0 Å². The van der Waals surface area contributed by atoms with Crippen LogP contribution in [-0.4, -0.2) is 46.4 Å². The summed E-state index contributed by atoms with van der Waals surface area (Å²) in [6, 6.07) is 6.21. The van der Waals surface area contributed by atoms with Gasteiger partial charge in [-0.05, 0) is 35.4 Å². The maximum absolute atomic E-state index is 4.30. The fraction of sp³-hybridized carbons (Fsp3) is 0.400. The molecule has 0 atom stereocenters. The molecule has 1 aliphatic heterocycles. The molecular formula is C15H18N8. The lowest BCUT2D eigenvalue weighted by molar-refractivity contribution is 0.195. The maximum atomic E-state index is 4.30. The van der Waals surface area contributed by atoms with Gasteiger partial charge in [-0.1, -0.05) is 18.2 Å². The Bertz CT molecular complexity index is 813. The smallest absolute Gasteiger partial charge is 0.170 e. The molecule has 0 aliphatic carbocycles. The molecule has 2 aromatic heterocycles. The van der Waals surface area contributed by atoms with Crippen LogP contribution in [0, 0.1) is 13.8 Å². The van der Waals surface area contributed by atoms with Crippen LogP contribution in [0.4, 0.5) is 0 Å². The summed E-state index contributed by atoms with van der Waals surface area (Å²) < 4.78 is 3.80. The van der Waals surface area contributed by atoms with Gasteiger partial charge in [-0.2, -0.15) is 9.78 Å². The Labute approximate surface area is 133 Å². The molecule has 4 rings (SSSR count). The zero-order valence-corrected chi connectivity index (χ0v) is 13.2. The molecule has 0 saturated heterocycles. The quantitative estimate of drug-likeness (QED) is 0.715. The highest BCUT2D eigenvalue weighted by atomic mass is 15.6. The van der Waals surface area contributed by atoms with Crippen LogP contribution in [-0.2, 0) is 19.6 Å². The van der Waals surface area contributed by atoms with Crippen molar-refractivity contribution < 1.29 is 0 Å². The fourth-order valence-corrected chi connectivity index (χ4v) is 3.07. The van der Waals surface area contributed by atoms with Gasteiger partial charge in [0, 0.05) is 6.54 Å². The van der Waals surface area contributed by atoms with Gasteiger partial charge in [-0.25, -0.2) is 9.67 Å². The van der Waals surface area contributed by atoms with Crippen LogP contribution in [0.5, 0.6) is 0 Å². The normalized spacial score (nSPS) is 14.9. The first-order valence-corrected chi connectivity index (χ1v) is 7.65. The van der Waals surface area contributed by atoms with Crippen LogP contribution in [0.3, 0.4) is 0 Å². The maximum Gasteiger partial charge on any atom is 0.170 e. The van der Waals surface area contributed by atoms with E-state index in [4.69, 9.17) is 0 Å². The largest absolute Gasteiger partial charge is 0.287 e. The molecule has 0 spiro atoms. The number of aryl methyl sites for hydroxylation is 2. The molecule has 3 aromatic rings. The van der Waals surface area contributed by atoms with Crippen LogP contribution in [0.2, 0.25) is 0 Å². The van der Waals surface area contributed by atoms with Crippen LogP contribution in [0.1, 0.15) is 22.8 Å². The Morgan fingerprint density at radius 3 is 2.78 bits per heavy atom. The molecule has 0 fully saturated rings. The van der Waals surface area contributed by atoms with Crippen molar-refractivity contribution in [2.75, 3.05) is 6.54 Å². The standard InChI is InChI=1S/C15H18N8/c1-11-4-3-5-12(2)15(11)23-14(18-19-20-23)9-21-6-7-22-13(8-21)16-10-17-22/h3-5,10H,6-9H2,1-2H3. The molecule has 8 heteroatoms. The van der Waals surface area contributed by atoms with Gasteiger partial charge in [0.25, 0.3) is 0 Å². The number of aromatic nitrogens is 7. The van der Waals surface area contributed by atoms with E-state index in [1.54, 1.807) is 6.33 Å². The highest BCUT2D eigenvalue weighted by Gasteiger charge is 2.21. The van der Waals surface area contributed by atoms with Gasteiger partial charge in [0.1, 0.15) is 12.2 Å². The average Bonchev–Trinajstić information content (AvgIpc) is 3.16. The van der Waals surface area contributed by atoms with E-state index >= 15 is 0 Å². The summed E-state index contributed by atoms with van der Waals surface area (Å²) in [4.78, 5) is 6.59. The molecule has 0 unspecified atom stereocenters. The van der Waals surface area contributed by atoms with Gasteiger partial charge in [-0.15, -0.1) is 5.10 Å². The van der Waals surface area contributed by atoms with Crippen LogP contribution in [0.25, 0.3) is 5.69 Å². The molecule has 118 valence electrons. The summed E-state index contributed by atoms with van der Waals surface area (Å²) in [6.45, 7) is 7.37. The third kappa shape index (κ3) is 2.50. The number of tetrazole rings is 1. The molecule has 0 N–H and O–H groups in total. The molecule has 0 bridgehead atoms. The molecule has 3 heterocycles. The molecule has 23 heavy (non-hydrogen) atoms. The van der Waals surface area contributed by atoms with E-state index in [0.29, 0.717) is 6.54 Å². The summed E-state index contributed by atoms with van der Waals surface area (Å²) in [5.74, 6) is 1.83. The number of fused-ring (bicyclic) bond motifs is 1. The Morgan fingerprint density at radius 1 is 1.13 bits per heavy atom. The van der Waals surface area contributed by atoms with Crippen LogP contribution >= 0.6 is 0 Å². The second-order valence-corrected chi connectivity index (χ2v) is 5.86. The highest BCUT2D eigenvalue weighted by molar-refractivity contribution is 5.46. The van der Waals surface area contributed by atoms with Crippen molar-refractivity contribution in [2.45, 2.75) is 33.5 Å². The molecule has 1 aliphatic rings. The van der Waals surface area contributed by atoms with Crippen molar-refractivity contribution in [2.24, 2.45) is 0 Å². The van der Waals surface area contributed by atoms with E-state index in [1.165, 1.54) is 0 Å². The minimum absolute atomic E-state index is 0.688. The third-order valence-corrected chi connectivity index (χ3v) is 4.24. The Morgan fingerprint density at radius 2 is 1.96 bits per heavy atom. The number of hydrogen-bond donors (Lipinski definition) is 0. The highest BCUT2D eigenvalue weighted by Crippen LogP contribution is 2.20. The number of nitrogens with zero attached hydrogens (tertiary/aromatic N) is 8. The number of hydrogen-bond acceptors (Lipinski definition) is 6. The van der Waals surface area contributed by atoms with Gasteiger partial charge in [-0.3, -0.25) is 4.90 Å². The second-order valence-electron chi connectivity index (χ2n) is 5.86. The fourth-order valence-electron chi connectivity index (χ4n) is 3.07. The SMILES string of the molecule is Cc1cccc(C)c1-n1nnnc1CN1CCn2ncnc2C1. The van der Waals surface area contributed by atoms with E-state index in [2.05, 4.69) is 62.6 Å². The first-order valence-electron chi connectivity index (χ1n) is 7.65.